The zero-order chi connectivity index (χ0) is 20.1. The number of ketones is 1. The van der Waals surface area contributed by atoms with Crippen LogP contribution in [0.4, 0.5) is 0 Å². The van der Waals surface area contributed by atoms with Crippen LogP contribution in [0.5, 0.6) is 0 Å². The third-order valence-corrected chi connectivity index (χ3v) is 5.70. The lowest BCUT2D eigenvalue weighted by Gasteiger charge is -2.08. The monoisotopic (exact) mass is 384 g/mol. The van der Waals surface area contributed by atoms with E-state index in [1.54, 1.807) is 0 Å². The first kappa shape index (κ1) is 16.8. The molecule has 4 aromatic carbocycles. The molecule has 0 spiro atoms. The number of hydrogen-bond acceptors (Lipinski definition) is 3. The molecular weight excluding hydrogens is 368 g/mol. The molecule has 0 bridgehead atoms. The number of rotatable bonds is 2. The van der Waals surface area contributed by atoms with Crippen LogP contribution in [-0.2, 0) is 0 Å². The highest BCUT2D eigenvalue weighted by Crippen LogP contribution is 2.27. The summed E-state index contributed by atoms with van der Waals surface area (Å²) in [5.74, 6) is -0.000307. The molecule has 0 radical (unpaired) electrons. The molecule has 2 heterocycles. The van der Waals surface area contributed by atoms with Crippen molar-refractivity contribution in [1.29, 1.82) is 0 Å². The normalized spacial score (nSPS) is 11.5. The van der Waals surface area contributed by atoms with Gasteiger partial charge in [0.1, 0.15) is 0 Å². The van der Waals surface area contributed by atoms with Crippen molar-refractivity contribution in [3.8, 4) is 0 Å². The maximum Gasteiger partial charge on any atom is 0.193 e. The summed E-state index contributed by atoms with van der Waals surface area (Å²) in [7, 11) is 0. The number of carbonyl (C=O) groups is 1. The van der Waals surface area contributed by atoms with Gasteiger partial charge in [0.15, 0.2) is 5.78 Å². The second-order valence-electron chi connectivity index (χ2n) is 7.48. The third kappa shape index (κ3) is 2.56. The Kier molecular flexibility index (Phi) is 3.62. The Bertz CT molecular complexity index is 1500. The SMILES string of the molecule is O=C(c1ccc2ncc3ccccc3c2c1)c1ccc2ncc3ccccc3c2c1. The van der Waals surface area contributed by atoms with Gasteiger partial charge in [-0.1, -0.05) is 48.5 Å². The first-order valence-electron chi connectivity index (χ1n) is 9.88. The Morgan fingerprint density at radius 1 is 0.533 bits per heavy atom. The predicted molar refractivity (Wildman–Crippen MR) is 122 cm³/mol. The summed E-state index contributed by atoms with van der Waals surface area (Å²) in [4.78, 5) is 22.4. The van der Waals surface area contributed by atoms with Crippen LogP contribution >= 0.6 is 0 Å². The highest BCUT2D eigenvalue weighted by atomic mass is 16.1. The fraction of sp³-hybridized carbons (Fsp3) is 0. The second kappa shape index (κ2) is 6.46. The van der Waals surface area contributed by atoms with Gasteiger partial charge in [-0.2, -0.15) is 0 Å². The third-order valence-electron chi connectivity index (χ3n) is 5.70. The molecule has 140 valence electrons. The minimum atomic E-state index is -0.000307. The summed E-state index contributed by atoms with van der Waals surface area (Å²) >= 11 is 0. The number of benzene rings is 4. The van der Waals surface area contributed by atoms with E-state index in [9.17, 15) is 4.79 Å². The second-order valence-corrected chi connectivity index (χ2v) is 7.48. The quantitative estimate of drug-likeness (QED) is 0.259. The molecule has 0 unspecified atom stereocenters. The van der Waals surface area contributed by atoms with Gasteiger partial charge < -0.3 is 0 Å². The van der Waals surface area contributed by atoms with E-state index in [2.05, 4.69) is 22.1 Å². The predicted octanol–water partition coefficient (Wildman–Crippen LogP) is 6.32. The molecule has 0 amide bonds. The molecule has 0 aliphatic rings. The summed E-state index contributed by atoms with van der Waals surface area (Å²) in [6.45, 7) is 0. The van der Waals surface area contributed by atoms with Crippen molar-refractivity contribution < 1.29 is 4.79 Å². The number of pyridine rings is 2. The van der Waals surface area contributed by atoms with Crippen molar-refractivity contribution >= 4 is 49.1 Å². The van der Waals surface area contributed by atoms with Gasteiger partial charge in [-0.3, -0.25) is 14.8 Å². The first-order chi connectivity index (χ1) is 14.8. The summed E-state index contributed by atoms with van der Waals surface area (Å²) in [5, 5.41) is 6.33. The number of carbonyl (C=O) groups excluding carboxylic acids is 1. The molecule has 0 atom stereocenters. The zero-order valence-corrected chi connectivity index (χ0v) is 16.0. The molecule has 6 rings (SSSR count). The van der Waals surface area contributed by atoms with Crippen LogP contribution < -0.4 is 0 Å². The molecule has 0 aliphatic heterocycles. The van der Waals surface area contributed by atoms with E-state index in [1.807, 2.05) is 85.2 Å². The van der Waals surface area contributed by atoms with E-state index >= 15 is 0 Å². The Morgan fingerprint density at radius 3 is 1.50 bits per heavy atom. The van der Waals surface area contributed by atoms with Crippen LogP contribution in [-0.4, -0.2) is 15.8 Å². The lowest BCUT2D eigenvalue weighted by molar-refractivity contribution is 0.103. The highest BCUT2D eigenvalue weighted by molar-refractivity contribution is 6.16. The first-order valence-corrected chi connectivity index (χ1v) is 9.88. The van der Waals surface area contributed by atoms with Crippen molar-refractivity contribution in [2.45, 2.75) is 0 Å². The van der Waals surface area contributed by atoms with Crippen LogP contribution in [0.3, 0.4) is 0 Å². The van der Waals surface area contributed by atoms with E-state index in [-0.39, 0.29) is 5.78 Å². The lowest BCUT2D eigenvalue weighted by Crippen LogP contribution is -2.01. The Labute approximate surface area is 172 Å². The molecule has 0 N–H and O–H groups in total. The van der Waals surface area contributed by atoms with Crippen LogP contribution in [0.25, 0.3) is 43.4 Å². The van der Waals surface area contributed by atoms with Gasteiger partial charge >= 0.3 is 0 Å². The van der Waals surface area contributed by atoms with Crippen LogP contribution in [0.15, 0.2) is 97.3 Å². The molecule has 3 nitrogen and oxygen atoms in total. The van der Waals surface area contributed by atoms with E-state index in [1.165, 1.54) is 0 Å². The topological polar surface area (TPSA) is 42.9 Å². The molecule has 6 aromatic rings. The van der Waals surface area contributed by atoms with Gasteiger partial charge in [0.05, 0.1) is 11.0 Å². The van der Waals surface area contributed by atoms with Crippen LogP contribution in [0, 0.1) is 0 Å². The largest absolute Gasteiger partial charge is 0.289 e. The van der Waals surface area contributed by atoms with Crippen molar-refractivity contribution in [1.82, 2.24) is 9.97 Å². The van der Waals surface area contributed by atoms with Crippen LogP contribution in [0.2, 0.25) is 0 Å². The molecule has 0 saturated heterocycles. The maximum atomic E-state index is 13.4. The average molecular weight is 384 g/mol. The van der Waals surface area contributed by atoms with Gasteiger partial charge in [-0.05, 0) is 47.2 Å². The van der Waals surface area contributed by atoms with Crippen LogP contribution in [0.1, 0.15) is 15.9 Å². The number of nitrogens with zero attached hydrogens (tertiary/aromatic N) is 2. The molecule has 3 heteroatoms. The molecule has 0 aliphatic carbocycles. The van der Waals surface area contributed by atoms with Gasteiger partial charge in [-0.25, -0.2) is 0 Å². The van der Waals surface area contributed by atoms with Crippen molar-refractivity contribution in [3.63, 3.8) is 0 Å². The van der Waals surface area contributed by atoms with Gasteiger partial charge in [0.25, 0.3) is 0 Å². The van der Waals surface area contributed by atoms with Gasteiger partial charge in [-0.15, -0.1) is 0 Å². The summed E-state index contributed by atoms with van der Waals surface area (Å²) in [5.41, 5.74) is 3.10. The molecule has 2 aromatic heterocycles. The minimum absolute atomic E-state index is 0.000307. The molecular formula is C27H16N2O. The van der Waals surface area contributed by atoms with Crippen molar-refractivity contribution in [3.05, 3.63) is 108 Å². The summed E-state index contributed by atoms with van der Waals surface area (Å²) < 4.78 is 0. The number of aromatic nitrogens is 2. The Hall–Kier alpha value is -4.11. The standard InChI is InChI=1S/C27H16N2O/c30-27(17-9-11-25-23(13-17)21-7-3-1-5-19(21)15-28-25)18-10-12-26-24(14-18)22-8-4-2-6-20(22)16-29-26/h1-16H. The summed E-state index contributed by atoms with van der Waals surface area (Å²) in [6, 6.07) is 27.7. The smallest absolute Gasteiger partial charge is 0.193 e. The fourth-order valence-electron chi connectivity index (χ4n) is 4.17. The van der Waals surface area contributed by atoms with E-state index in [0.717, 1.165) is 43.4 Å². The van der Waals surface area contributed by atoms with E-state index in [0.29, 0.717) is 11.1 Å². The number of hydrogen-bond donors (Lipinski definition) is 0. The average Bonchev–Trinajstić information content (AvgIpc) is 2.82. The van der Waals surface area contributed by atoms with Crippen molar-refractivity contribution in [2.24, 2.45) is 0 Å². The minimum Gasteiger partial charge on any atom is -0.289 e. The lowest BCUT2D eigenvalue weighted by atomic mass is 9.97. The Morgan fingerprint density at radius 2 is 1.00 bits per heavy atom. The van der Waals surface area contributed by atoms with E-state index < -0.39 is 0 Å². The fourth-order valence-corrected chi connectivity index (χ4v) is 4.17. The summed E-state index contributed by atoms with van der Waals surface area (Å²) in [6.07, 6.45) is 3.75. The van der Waals surface area contributed by atoms with Gasteiger partial charge in [0.2, 0.25) is 0 Å². The Balaban J connectivity index is 1.53. The zero-order valence-electron chi connectivity index (χ0n) is 16.0. The molecule has 0 fully saturated rings. The van der Waals surface area contributed by atoms with Crippen molar-refractivity contribution in [2.75, 3.05) is 0 Å². The number of fused-ring (bicyclic) bond motifs is 6. The van der Waals surface area contributed by atoms with Gasteiger partial charge in [0, 0.05) is 45.1 Å². The highest BCUT2D eigenvalue weighted by Gasteiger charge is 2.13. The molecule has 0 saturated carbocycles. The molecule has 30 heavy (non-hydrogen) atoms. The van der Waals surface area contributed by atoms with E-state index in [4.69, 9.17) is 0 Å². The maximum absolute atomic E-state index is 13.4.